The van der Waals surface area contributed by atoms with Gasteiger partial charge in [0.1, 0.15) is 11.6 Å². The van der Waals surface area contributed by atoms with E-state index in [2.05, 4.69) is 5.32 Å². The third-order valence-electron chi connectivity index (χ3n) is 2.97. The molecule has 0 radical (unpaired) electrons. The van der Waals surface area contributed by atoms with Gasteiger partial charge in [-0.2, -0.15) is 0 Å². The van der Waals surface area contributed by atoms with E-state index in [0.717, 1.165) is 25.0 Å². The Morgan fingerprint density at radius 3 is 2.82 bits per heavy atom. The van der Waals surface area contributed by atoms with Crippen LogP contribution in [0.4, 0.5) is 4.39 Å². The highest BCUT2D eigenvalue weighted by Crippen LogP contribution is 2.32. The molecule has 1 aliphatic rings. The van der Waals surface area contributed by atoms with Gasteiger partial charge in [0.05, 0.1) is 5.56 Å². The molecule has 1 amide bonds. The molecule has 0 aliphatic heterocycles. The molecule has 1 unspecified atom stereocenters. The largest absolute Gasteiger partial charge is 0.507 e. The maximum Gasteiger partial charge on any atom is 0.255 e. The number of benzene rings is 1. The summed E-state index contributed by atoms with van der Waals surface area (Å²) >= 11 is 0. The summed E-state index contributed by atoms with van der Waals surface area (Å²) in [5, 5.41) is 12.2. The summed E-state index contributed by atoms with van der Waals surface area (Å²) < 4.78 is 12.8. The average molecular weight is 238 g/mol. The van der Waals surface area contributed by atoms with Gasteiger partial charge >= 0.3 is 0 Å². The number of carbonyl (C=O) groups is 1. The molecule has 1 aromatic rings. The van der Waals surface area contributed by atoms with Gasteiger partial charge in [-0.05, 0) is 30.9 Å². The summed E-state index contributed by atoms with van der Waals surface area (Å²) in [7, 11) is 0. The van der Waals surface area contributed by atoms with Gasteiger partial charge in [-0.25, -0.2) is 4.39 Å². The van der Waals surface area contributed by atoms with E-state index in [1.165, 1.54) is 6.07 Å². The van der Waals surface area contributed by atoms with Crippen LogP contribution in [0.25, 0.3) is 0 Å². The minimum Gasteiger partial charge on any atom is -0.507 e. The Morgan fingerprint density at radius 2 is 2.29 bits per heavy atom. The molecule has 4 N–H and O–H groups in total. The Morgan fingerprint density at radius 1 is 1.59 bits per heavy atom. The van der Waals surface area contributed by atoms with Gasteiger partial charge in [-0.3, -0.25) is 4.79 Å². The Bertz CT molecular complexity index is 433. The van der Waals surface area contributed by atoms with Crippen molar-refractivity contribution in [3.05, 3.63) is 29.6 Å². The lowest BCUT2D eigenvalue weighted by Crippen LogP contribution is -2.41. The summed E-state index contributed by atoms with van der Waals surface area (Å²) in [4.78, 5) is 11.8. The van der Waals surface area contributed by atoms with Crippen LogP contribution in [0, 0.1) is 11.7 Å². The van der Waals surface area contributed by atoms with Crippen molar-refractivity contribution < 1.29 is 14.3 Å². The topological polar surface area (TPSA) is 75.3 Å². The second kappa shape index (κ2) is 4.71. The van der Waals surface area contributed by atoms with E-state index in [4.69, 9.17) is 5.73 Å². The van der Waals surface area contributed by atoms with Gasteiger partial charge in [0.25, 0.3) is 5.91 Å². The molecule has 0 spiro atoms. The Kier molecular flexibility index (Phi) is 3.28. The highest BCUT2D eigenvalue weighted by molar-refractivity contribution is 5.97. The molecular weight excluding hydrogens is 223 g/mol. The normalized spacial score (nSPS) is 16.6. The van der Waals surface area contributed by atoms with Gasteiger partial charge in [-0.15, -0.1) is 0 Å². The van der Waals surface area contributed by atoms with Gasteiger partial charge in [0.15, 0.2) is 0 Å². The quantitative estimate of drug-likeness (QED) is 0.732. The molecule has 1 fully saturated rings. The van der Waals surface area contributed by atoms with E-state index in [9.17, 15) is 14.3 Å². The maximum absolute atomic E-state index is 12.8. The smallest absolute Gasteiger partial charge is 0.255 e. The van der Waals surface area contributed by atoms with Crippen molar-refractivity contribution in [3.8, 4) is 5.75 Å². The summed E-state index contributed by atoms with van der Waals surface area (Å²) in [5.41, 5.74) is 5.64. The molecule has 0 heterocycles. The van der Waals surface area contributed by atoms with E-state index >= 15 is 0 Å². The van der Waals surface area contributed by atoms with E-state index in [0.29, 0.717) is 12.5 Å². The first-order valence-corrected chi connectivity index (χ1v) is 5.61. The SMILES string of the molecule is NCC(NC(=O)c1ccc(F)cc1O)C1CC1. The van der Waals surface area contributed by atoms with Gasteiger partial charge in [0, 0.05) is 18.7 Å². The number of amides is 1. The van der Waals surface area contributed by atoms with Crippen LogP contribution in [0.5, 0.6) is 5.75 Å². The third kappa shape index (κ3) is 2.74. The van der Waals surface area contributed by atoms with Crippen molar-refractivity contribution in [2.45, 2.75) is 18.9 Å². The summed E-state index contributed by atoms with van der Waals surface area (Å²) in [6.07, 6.45) is 2.13. The molecule has 2 rings (SSSR count). The zero-order valence-electron chi connectivity index (χ0n) is 9.32. The minimum absolute atomic E-state index is 0.0630. The second-order valence-corrected chi connectivity index (χ2v) is 4.31. The lowest BCUT2D eigenvalue weighted by atomic mass is 10.1. The molecule has 1 atom stereocenters. The number of hydrogen-bond acceptors (Lipinski definition) is 3. The van der Waals surface area contributed by atoms with E-state index < -0.39 is 11.7 Å². The lowest BCUT2D eigenvalue weighted by Gasteiger charge is -2.16. The van der Waals surface area contributed by atoms with E-state index in [-0.39, 0.29) is 17.4 Å². The number of aromatic hydroxyl groups is 1. The predicted octanol–water partition coefficient (Wildman–Crippen LogP) is 0.998. The molecule has 1 aromatic carbocycles. The van der Waals surface area contributed by atoms with Crippen LogP contribution < -0.4 is 11.1 Å². The molecular formula is C12H15FN2O2. The molecule has 1 aliphatic carbocycles. The number of carbonyl (C=O) groups excluding carboxylic acids is 1. The first-order chi connectivity index (χ1) is 8.11. The first-order valence-electron chi connectivity index (χ1n) is 5.61. The molecule has 17 heavy (non-hydrogen) atoms. The Labute approximate surface area is 98.6 Å². The Hall–Kier alpha value is -1.62. The summed E-state index contributed by atoms with van der Waals surface area (Å²) in [5.74, 6) is -0.901. The van der Waals surface area contributed by atoms with Crippen LogP contribution in [0.3, 0.4) is 0 Å². The van der Waals surface area contributed by atoms with Crippen molar-refractivity contribution in [2.24, 2.45) is 11.7 Å². The summed E-state index contributed by atoms with van der Waals surface area (Å²) in [6, 6.07) is 3.26. The fourth-order valence-electron chi connectivity index (χ4n) is 1.81. The second-order valence-electron chi connectivity index (χ2n) is 4.31. The fourth-order valence-corrected chi connectivity index (χ4v) is 1.81. The van der Waals surface area contributed by atoms with Crippen molar-refractivity contribution >= 4 is 5.91 Å². The number of halogens is 1. The van der Waals surface area contributed by atoms with Crippen molar-refractivity contribution in [1.82, 2.24) is 5.32 Å². The van der Waals surface area contributed by atoms with Crippen LogP contribution in [0.1, 0.15) is 23.2 Å². The maximum atomic E-state index is 12.8. The molecule has 1 saturated carbocycles. The molecule has 0 saturated heterocycles. The number of hydrogen-bond donors (Lipinski definition) is 3. The summed E-state index contributed by atoms with van der Waals surface area (Å²) in [6.45, 7) is 0.373. The van der Waals surface area contributed by atoms with Crippen LogP contribution in [0.15, 0.2) is 18.2 Å². The fraction of sp³-hybridized carbons (Fsp3) is 0.417. The van der Waals surface area contributed by atoms with Crippen LogP contribution in [0.2, 0.25) is 0 Å². The molecule has 4 nitrogen and oxygen atoms in total. The van der Waals surface area contributed by atoms with Crippen LogP contribution in [-0.2, 0) is 0 Å². The molecule has 0 bridgehead atoms. The number of nitrogens with one attached hydrogen (secondary N) is 1. The zero-order chi connectivity index (χ0) is 12.4. The van der Waals surface area contributed by atoms with Crippen LogP contribution >= 0.6 is 0 Å². The Balaban J connectivity index is 2.08. The standard InChI is InChI=1S/C12H15FN2O2/c13-8-3-4-9(11(16)5-8)12(17)15-10(6-14)7-1-2-7/h3-5,7,10,16H,1-2,6,14H2,(H,15,17). The number of phenols is 1. The lowest BCUT2D eigenvalue weighted by molar-refractivity contribution is 0.0930. The van der Waals surface area contributed by atoms with E-state index in [1.54, 1.807) is 0 Å². The predicted molar refractivity (Wildman–Crippen MR) is 61.1 cm³/mol. The van der Waals surface area contributed by atoms with E-state index in [1.807, 2.05) is 0 Å². The average Bonchev–Trinajstić information content (AvgIpc) is 3.09. The van der Waals surface area contributed by atoms with Gasteiger partial charge < -0.3 is 16.2 Å². The third-order valence-corrected chi connectivity index (χ3v) is 2.97. The molecule has 0 aromatic heterocycles. The zero-order valence-corrected chi connectivity index (χ0v) is 9.32. The number of nitrogens with two attached hydrogens (primary N) is 1. The number of rotatable bonds is 4. The monoisotopic (exact) mass is 238 g/mol. The van der Waals surface area contributed by atoms with Crippen molar-refractivity contribution in [2.75, 3.05) is 6.54 Å². The first kappa shape index (κ1) is 11.9. The van der Waals surface area contributed by atoms with Gasteiger partial charge in [-0.1, -0.05) is 0 Å². The highest BCUT2D eigenvalue weighted by Gasteiger charge is 2.31. The number of phenolic OH excluding ortho intramolecular Hbond substituents is 1. The van der Waals surface area contributed by atoms with Crippen LogP contribution in [-0.4, -0.2) is 23.6 Å². The van der Waals surface area contributed by atoms with Crippen molar-refractivity contribution in [3.63, 3.8) is 0 Å². The molecule has 92 valence electrons. The molecule has 5 heteroatoms. The highest BCUT2D eigenvalue weighted by atomic mass is 19.1. The minimum atomic E-state index is -0.573. The van der Waals surface area contributed by atoms with Gasteiger partial charge in [0.2, 0.25) is 0 Å². The van der Waals surface area contributed by atoms with Crippen molar-refractivity contribution in [1.29, 1.82) is 0 Å².